The average molecular weight is 419 g/mol. The van der Waals surface area contributed by atoms with Crippen LogP contribution in [0.25, 0.3) is 0 Å². The quantitative estimate of drug-likeness (QED) is 0.114. The first-order valence-electron chi connectivity index (χ1n) is 13.8. The molecule has 0 amide bonds. The second kappa shape index (κ2) is 23.4. The smallest absolute Gasteiger partial charge is 0.0348 e. The van der Waals surface area contributed by atoms with Crippen molar-refractivity contribution in [3.63, 3.8) is 0 Å². The van der Waals surface area contributed by atoms with Gasteiger partial charge in [0.15, 0.2) is 0 Å². The Bertz CT molecular complexity index is 342. The third kappa shape index (κ3) is 22.4. The summed E-state index contributed by atoms with van der Waals surface area (Å²) in [4.78, 5) is 0. The van der Waals surface area contributed by atoms with Gasteiger partial charge in [0.2, 0.25) is 0 Å². The van der Waals surface area contributed by atoms with Crippen LogP contribution in [-0.4, -0.2) is 0 Å². The van der Waals surface area contributed by atoms with E-state index < -0.39 is 0 Å². The molecule has 0 heterocycles. The molecule has 0 saturated carbocycles. The van der Waals surface area contributed by atoms with Crippen LogP contribution < -0.4 is 0 Å². The summed E-state index contributed by atoms with van der Waals surface area (Å²) < 4.78 is 0. The van der Waals surface area contributed by atoms with E-state index in [1.807, 2.05) is 0 Å². The third-order valence-corrected chi connectivity index (χ3v) is 6.85. The van der Waals surface area contributed by atoms with Crippen molar-refractivity contribution >= 4 is 0 Å². The summed E-state index contributed by atoms with van der Waals surface area (Å²) >= 11 is 0. The zero-order chi connectivity index (χ0) is 22.3. The summed E-state index contributed by atoms with van der Waals surface area (Å²) in [6.07, 6.45) is 32.0. The van der Waals surface area contributed by atoms with Crippen molar-refractivity contribution in [3.05, 3.63) is 26.0 Å². The predicted octanol–water partition coefficient (Wildman–Crippen LogP) is 10.9. The zero-order valence-electron chi connectivity index (χ0n) is 21.4. The molecule has 0 nitrogen and oxygen atoms in total. The molecule has 30 heavy (non-hydrogen) atoms. The minimum Gasteiger partial charge on any atom is -0.0885 e. The summed E-state index contributed by atoms with van der Waals surface area (Å²) in [5, 5.41) is 0. The Morgan fingerprint density at radius 3 is 1.37 bits per heavy atom. The van der Waals surface area contributed by atoms with E-state index in [0.29, 0.717) is 0 Å². The van der Waals surface area contributed by atoms with Crippen LogP contribution in [0.4, 0.5) is 0 Å². The van der Waals surface area contributed by atoms with Crippen molar-refractivity contribution in [2.75, 3.05) is 0 Å². The molecule has 178 valence electrons. The Hall–Kier alpha value is -0.260. The van der Waals surface area contributed by atoms with E-state index in [1.165, 1.54) is 116 Å². The Labute approximate surface area is 193 Å². The van der Waals surface area contributed by atoms with Crippen LogP contribution in [0.3, 0.4) is 0 Å². The van der Waals surface area contributed by atoms with E-state index in [-0.39, 0.29) is 0 Å². The topological polar surface area (TPSA) is 0 Å². The van der Waals surface area contributed by atoms with E-state index in [4.69, 9.17) is 0 Å². The lowest BCUT2D eigenvalue weighted by molar-refractivity contribution is 0.397. The molecule has 0 bridgehead atoms. The van der Waals surface area contributed by atoms with Crippen molar-refractivity contribution in [2.45, 2.75) is 149 Å². The van der Waals surface area contributed by atoms with Gasteiger partial charge in [-0.25, -0.2) is 0 Å². The fourth-order valence-corrected chi connectivity index (χ4v) is 4.49. The molecule has 0 rings (SSSR count). The lowest BCUT2D eigenvalue weighted by Gasteiger charge is -2.14. The highest BCUT2D eigenvalue weighted by atomic mass is 14.1. The Morgan fingerprint density at radius 2 is 0.833 bits per heavy atom. The van der Waals surface area contributed by atoms with E-state index in [1.54, 1.807) is 0 Å². The second-order valence-corrected chi connectivity index (χ2v) is 10.3. The predicted molar refractivity (Wildman–Crippen MR) is 140 cm³/mol. The standard InChI is InChI=1S/C30H58/c1-6-8-10-12-14-18-24-29(4)26-21-27-30(5)25-20-16-13-15-19-23-28(3)22-17-11-9-7-2/h12,14,28-30H,1-2,6-11,13,15-27H2,3-5H3. The first-order chi connectivity index (χ1) is 14.6. The molecule has 0 aromatic carbocycles. The molecule has 0 aliphatic rings. The highest BCUT2D eigenvalue weighted by Gasteiger charge is 2.06. The van der Waals surface area contributed by atoms with E-state index in [0.717, 1.165) is 30.6 Å². The van der Waals surface area contributed by atoms with Gasteiger partial charge in [0.1, 0.15) is 0 Å². The molecule has 3 unspecified atom stereocenters. The number of hydrogen-bond donors (Lipinski definition) is 0. The SMILES string of the molecule is [CH2]CCCC=CCCC(C)CCCC(C)CCCCCCCC(C)CCCCC[CH2]. The number of allylic oxidation sites excluding steroid dienone is 2. The fraction of sp³-hybridized carbons (Fsp3) is 0.867. The molecule has 2 radical (unpaired) electrons. The zero-order valence-corrected chi connectivity index (χ0v) is 21.4. The highest BCUT2D eigenvalue weighted by Crippen LogP contribution is 2.22. The maximum atomic E-state index is 3.94. The van der Waals surface area contributed by atoms with Crippen LogP contribution >= 0.6 is 0 Å². The van der Waals surface area contributed by atoms with Crippen LogP contribution in [0, 0.1) is 31.6 Å². The van der Waals surface area contributed by atoms with Gasteiger partial charge >= 0.3 is 0 Å². The van der Waals surface area contributed by atoms with Crippen molar-refractivity contribution in [1.82, 2.24) is 0 Å². The summed E-state index contributed by atoms with van der Waals surface area (Å²) in [6, 6.07) is 0. The van der Waals surface area contributed by atoms with Crippen LogP contribution in [0.15, 0.2) is 12.2 Å². The van der Waals surface area contributed by atoms with Crippen LogP contribution in [-0.2, 0) is 0 Å². The molecule has 0 heteroatoms. The molecular weight excluding hydrogens is 360 g/mol. The molecule has 0 fully saturated rings. The van der Waals surface area contributed by atoms with Crippen molar-refractivity contribution in [3.8, 4) is 0 Å². The van der Waals surface area contributed by atoms with E-state index >= 15 is 0 Å². The highest BCUT2D eigenvalue weighted by molar-refractivity contribution is 4.82. The van der Waals surface area contributed by atoms with E-state index in [2.05, 4.69) is 46.8 Å². The molecule has 0 aliphatic heterocycles. The van der Waals surface area contributed by atoms with Crippen molar-refractivity contribution in [1.29, 1.82) is 0 Å². The molecule has 0 saturated heterocycles. The minimum absolute atomic E-state index is 0.890. The number of rotatable bonds is 23. The number of unbranched alkanes of at least 4 members (excludes halogenated alkanes) is 9. The average Bonchev–Trinajstić information content (AvgIpc) is 2.73. The van der Waals surface area contributed by atoms with Gasteiger partial charge in [-0.1, -0.05) is 150 Å². The molecule has 3 atom stereocenters. The normalized spacial score (nSPS) is 15.0. The van der Waals surface area contributed by atoms with Gasteiger partial charge in [-0.2, -0.15) is 0 Å². The number of hydrogen-bond acceptors (Lipinski definition) is 0. The van der Waals surface area contributed by atoms with Gasteiger partial charge in [-0.05, 0) is 43.4 Å². The van der Waals surface area contributed by atoms with Gasteiger partial charge in [-0.3, -0.25) is 0 Å². The van der Waals surface area contributed by atoms with E-state index in [9.17, 15) is 0 Å². The summed E-state index contributed by atoms with van der Waals surface area (Å²) in [7, 11) is 0. The molecule has 0 aromatic rings. The van der Waals surface area contributed by atoms with Crippen LogP contribution in [0.1, 0.15) is 149 Å². The van der Waals surface area contributed by atoms with Gasteiger partial charge in [0, 0.05) is 0 Å². The van der Waals surface area contributed by atoms with Gasteiger partial charge < -0.3 is 0 Å². The lowest BCUT2D eigenvalue weighted by atomic mass is 9.92. The largest absolute Gasteiger partial charge is 0.0885 e. The summed E-state index contributed by atoms with van der Waals surface area (Å²) in [5.74, 6) is 2.76. The Balaban J connectivity index is 3.40. The second-order valence-electron chi connectivity index (χ2n) is 10.3. The van der Waals surface area contributed by atoms with Gasteiger partial charge in [-0.15, -0.1) is 0 Å². The molecule has 0 N–H and O–H groups in total. The molecule has 0 aromatic heterocycles. The lowest BCUT2D eigenvalue weighted by Crippen LogP contribution is -1.99. The molecular formula is C30H58. The Kier molecular flexibility index (Phi) is 23.2. The minimum atomic E-state index is 0.890. The first-order valence-corrected chi connectivity index (χ1v) is 13.8. The fourth-order valence-electron chi connectivity index (χ4n) is 4.49. The molecule has 0 spiro atoms. The van der Waals surface area contributed by atoms with Crippen molar-refractivity contribution in [2.24, 2.45) is 17.8 Å². The van der Waals surface area contributed by atoms with Gasteiger partial charge in [0.05, 0.1) is 0 Å². The summed E-state index contributed by atoms with van der Waals surface area (Å²) in [5.41, 5.74) is 0. The van der Waals surface area contributed by atoms with Crippen LogP contribution in [0.5, 0.6) is 0 Å². The van der Waals surface area contributed by atoms with Gasteiger partial charge in [0.25, 0.3) is 0 Å². The third-order valence-electron chi connectivity index (χ3n) is 6.85. The van der Waals surface area contributed by atoms with Crippen LogP contribution in [0.2, 0.25) is 0 Å². The maximum absolute atomic E-state index is 3.94. The van der Waals surface area contributed by atoms with Crippen molar-refractivity contribution < 1.29 is 0 Å². The summed E-state index contributed by atoms with van der Waals surface area (Å²) in [6.45, 7) is 15.2. The molecule has 0 aliphatic carbocycles. The Morgan fingerprint density at radius 1 is 0.433 bits per heavy atom. The maximum Gasteiger partial charge on any atom is -0.0348 e. The first kappa shape index (κ1) is 29.7. The monoisotopic (exact) mass is 418 g/mol.